The van der Waals surface area contributed by atoms with Gasteiger partial charge in [0.15, 0.2) is 0 Å². The zero-order chi connectivity index (χ0) is 26.8. The number of alkyl halides is 2. The van der Waals surface area contributed by atoms with Crippen molar-refractivity contribution in [3.8, 4) is 0 Å². The number of carbonyl (C=O) groups is 2. The highest BCUT2D eigenvalue weighted by Crippen LogP contribution is 2.57. The van der Waals surface area contributed by atoms with E-state index in [0.717, 1.165) is 6.07 Å². The third-order valence-electron chi connectivity index (χ3n) is 8.19. The number of aliphatic hydroxyl groups is 2. The summed E-state index contributed by atoms with van der Waals surface area (Å²) in [5, 5.41) is 25.0. The third kappa shape index (κ3) is 4.51. The van der Waals surface area contributed by atoms with E-state index in [1.807, 2.05) is 0 Å². The molecular weight excluding hydrogens is 513 g/mol. The number of halogens is 4. The third-order valence-corrected chi connectivity index (χ3v) is 8.48. The molecule has 2 aromatic rings. The van der Waals surface area contributed by atoms with Gasteiger partial charge in [-0.15, -0.1) is 0 Å². The first-order valence-corrected chi connectivity index (χ1v) is 12.6. The van der Waals surface area contributed by atoms with Crippen LogP contribution in [0.5, 0.6) is 0 Å². The molecule has 0 aliphatic heterocycles. The fraction of sp³-hybridized carbons (Fsp3) is 0.560. The van der Waals surface area contributed by atoms with Gasteiger partial charge >= 0.3 is 5.92 Å². The molecule has 5 rings (SSSR count). The van der Waals surface area contributed by atoms with E-state index in [2.05, 4.69) is 15.6 Å². The van der Waals surface area contributed by atoms with Gasteiger partial charge in [-0.2, -0.15) is 8.78 Å². The summed E-state index contributed by atoms with van der Waals surface area (Å²) in [6, 6.07) is 3.83. The molecule has 3 fully saturated rings. The Hall–Kier alpha value is -2.63. The van der Waals surface area contributed by atoms with Crippen molar-refractivity contribution in [3.05, 3.63) is 46.8 Å². The molecule has 0 bridgehead atoms. The molecule has 12 heteroatoms. The summed E-state index contributed by atoms with van der Waals surface area (Å²) in [5.74, 6) is -7.35. The van der Waals surface area contributed by atoms with Gasteiger partial charge in [-0.1, -0.05) is 11.6 Å². The maximum Gasteiger partial charge on any atom is 0.352 e. The molecule has 0 radical (unpaired) electrons. The Morgan fingerprint density at radius 2 is 1.89 bits per heavy atom. The van der Waals surface area contributed by atoms with Gasteiger partial charge in [0.2, 0.25) is 0 Å². The van der Waals surface area contributed by atoms with E-state index in [4.69, 9.17) is 11.6 Å². The zero-order valence-electron chi connectivity index (χ0n) is 20.1. The van der Waals surface area contributed by atoms with Crippen molar-refractivity contribution in [1.29, 1.82) is 0 Å². The van der Waals surface area contributed by atoms with E-state index in [-0.39, 0.29) is 35.6 Å². The van der Waals surface area contributed by atoms with Crippen LogP contribution in [0.15, 0.2) is 24.5 Å². The zero-order valence-corrected chi connectivity index (χ0v) is 20.9. The maximum atomic E-state index is 15.1. The number of rotatable bonds is 7. The number of aromatic nitrogens is 2. The molecule has 1 heterocycles. The van der Waals surface area contributed by atoms with Crippen molar-refractivity contribution in [2.45, 2.75) is 61.5 Å². The molecule has 0 saturated heterocycles. The molecule has 2 unspecified atom stereocenters. The predicted octanol–water partition coefficient (Wildman–Crippen LogP) is 3.38. The first-order chi connectivity index (χ1) is 17.4. The van der Waals surface area contributed by atoms with E-state index in [9.17, 15) is 24.2 Å². The van der Waals surface area contributed by atoms with Crippen LogP contribution < -0.4 is 10.6 Å². The Kier molecular flexibility index (Phi) is 6.32. The number of amides is 2. The highest BCUT2D eigenvalue weighted by molar-refractivity contribution is 6.31. The van der Waals surface area contributed by atoms with Crippen molar-refractivity contribution < 1.29 is 33.0 Å². The van der Waals surface area contributed by atoms with Gasteiger partial charge in [-0.3, -0.25) is 9.59 Å². The average molecular weight is 541 g/mol. The van der Waals surface area contributed by atoms with Crippen molar-refractivity contribution in [2.24, 2.45) is 18.9 Å². The Morgan fingerprint density at radius 3 is 2.46 bits per heavy atom. The van der Waals surface area contributed by atoms with E-state index >= 15 is 8.78 Å². The summed E-state index contributed by atoms with van der Waals surface area (Å²) in [5.41, 5.74) is -2.36. The Morgan fingerprint density at radius 1 is 1.24 bits per heavy atom. The number of aryl methyl sites for hydroxylation is 1. The summed E-state index contributed by atoms with van der Waals surface area (Å²) in [4.78, 5) is 29.8. The summed E-state index contributed by atoms with van der Waals surface area (Å²) in [6.45, 7) is -0.422. The summed E-state index contributed by atoms with van der Waals surface area (Å²) >= 11 is 5.81. The predicted molar refractivity (Wildman–Crippen MR) is 128 cm³/mol. The molecule has 37 heavy (non-hydrogen) atoms. The molecule has 2 amide bonds. The fourth-order valence-electron chi connectivity index (χ4n) is 5.93. The Bertz CT molecular complexity index is 1230. The van der Waals surface area contributed by atoms with Crippen LogP contribution in [0.4, 0.5) is 18.9 Å². The lowest BCUT2D eigenvalue weighted by atomic mass is 9.87. The summed E-state index contributed by atoms with van der Waals surface area (Å²) in [7, 11) is 1.66. The lowest BCUT2D eigenvalue weighted by Crippen LogP contribution is -2.59. The van der Waals surface area contributed by atoms with Crippen LogP contribution in [0.25, 0.3) is 0 Å². The summed E-state index contributed by atoms with van der Waals surface area (Å²) in [6.07, 6.45) is 2.72. The van der Waals surface area contributed by atoms with Crippen LogP contribution in [0.2, 0.25) is 5.02 Å². The second kappa shape index (κ2) is 8.99. The Balaban J connectivity index is 1.28. The lowest BCUT2D eigenvalue weighted by molar-refractivity contribution is -0.193. The van der Waals surface area contributed by atoms with Crippen molar-refractivity contribution in [2.75, 3.05) is 11.9 Å². The maximum absolute atomic E-state index is 15.1. The van der Waals surface area contributed by atoms with Crippen molar-refractivity contribution >= 4 is 29.1 Å². The van der Waals surface area contributed by atoms with Crippen molar-refractivity contribution in [1.82, 2.24) is 14.9 Å². The SMILES string of the molecule is Cn1cnc(C2CC3CC(O)(C(F)(F)C(=O)NC4(CO)CC4)CC3C2)c1C(=O)Nc1ccc(F)c(Cl)c1. The van der Waals surface area contributed by atoms with Gasteiger partial charge in [0.05, 0.1) is 29.2 Å². The van der Waals surface area contributed by atoms with E-state index in [1.165, 1.54) is 18.5 Å². The fourth-order valence-corrected chi connectivity index (χ4v) is 6.12. The van der Waals surface area contributed by atoms with Gasteiger partial charge in [-0.25, -0.2) is 9.37 Å². The minimum atomic E-state index is -4.00. The Labute approximate surface area is 216 Å². The first-order valence-electron chi connectivity index (χ1n) is 12.2. The number of nitrogens with one attached hydrogen (secondary N) is 2. The number of fused-ring (bicyclic) bond motifs is 1. The van der Waals surface area contributed by atoms with Gasteiger partial charge in [0, 0.05) is 18.7 Å². The van der Waals surface area contributed by atoms with Gasteiger partial charge in [0.1, 0.15) is 17.1 Å². The summed E-state index contributed by atoms with van der Waals surface area (Å²) < 4.78 is 45.3. The number of aliphatic hydroxyl groups excluding tert-OH is 1. The number of imidazole rings is 1. The number of anilines is 1. The minimum absolute atomic E-state index is 0.131. The molecular formula is C25H28ClF3N4O4. The quantitative estimate of drug-likeness (QED) is 0.430. The molecule has 1 aromatic heterocycles. The second-order valence-electron chi connectivity index (χ2n) is 10.8. The normalized spacial score (nSPS) is 28.1. The number of hydrogen-bond acceptors (Lipinski definition) is 5. The molecule has 2 atom stereocenters. The van der Waals surface area contributed by atoms with E-state index in [0.29, 0.717) is 42.8 Å². The largest absolute Gasteiger partial charge is 0.394 e. The van der Waals surface area contributed by atoms with Crippen molar-refractivity contribution in [3.63, 3.8) is 0 Å². The topological polar surface area (TPSA) is 116 Å². The number of carbonyl (C=O) groups excluding carboxylic acids is 2. The number of benzene rings is 1. The second-order valence-corrected chi connectivity index (χ2v) is 11.2. The number of nitrogens with zero attached hydrogens (tertiary/aromatic N) is 2. The molecule has 3 saturated carbocycles. The van der Waals surface area contributed by atoms with Gasteiger partial charge in [0.25, 0.3) is 11.8 Å². The average Bonchev–Trinajstić information content (AvgIpc) is 3.15. The van der Waals surface area contributed by atoms with E-state index in [1.54, 1.807) is 11.6 Å². The van der Waals surface area contributed by atoms with Gasteiger partial charge in [-0.05, 0) is 68.6 Å². The van der Waals surface area contributed by atoms with Crippen LogP contribution in [-0.2, 0) is 11.8 Å². The van der Waals surface area contributed by atoms with E-state index < -0.39 is 41.3 Å². The standard InChI is InChI=1S/C25H28ClF3N4O4/c1-33-12-30-19(20(33)21(35)31-16-2-3-18(27)17(26)8-16)13-6-14-9-24(37,10-15(14)7-13)25(28,29)22(36)32-23(11-34)4-5-23/h2-3,8,12-15,34,37H,4-7,9-11H2,1H3,(H,31,35)(H,32,36). The van der Waals surface area contributed by atoms with Crippen LogP contribution in [0.3, 0.4) is 0 Å². The molecule has 200 valence electrons. The van der Waals surface area contributed by atoms with Crippen LogP contribution >= 0.6 is 11.6 Å². The molecule has 3 aliphatic rings. The smallest absolute Gasteiger partial charge is 0.352 e. The minimum Gasteiger partial charge on any atom is -0.394 e. The highest BCUT2D eigenvalue weighted by atomic mass is 35.5. The highest BCUT2D eigenvalue weighted by Gasteiger charge is 2.65. The molecule has 8 nitrogen and oxygen atoms in total. The lowest BCUT2D eigenvalue weighted by Gasteiger charge is -2.33. The number of hydrogen-bond donors (Lipinski definition) is 4. The van der Waals surface area contributed by atoms with Crippen LogP contribution in [0.1, 0.15) is 60.6 Å². The monoisotopic (exact) mass is 540 g/mol. The van der Waals surface area contributed by atoms with Crippen LogP contribution in [0, 0.1) is 17.7 Å². The molecule has 0 spiro atoms. The van der Waals surface area contributed by atoms with Gasteiger partial charge < -0.3 is 25.4 Å². The van der Waals surface area contributed by atoms with Crippen LogP contribution in [-0.4, -0.2) is 55.2 Å². The first kappa shape index (κ1) is 26.0. The molecule has 1 aromatic carbocycles. The molecule has 3 aliphatic carbocycles. The molecule has 4 N–H and O–H groups in total.